The van der Waals surface area contributed by atoms with Crippen LogP contribution in [0.3, 0.4) is 0 Å². The Balaban J connectivity index is 1.98. The topological polar surface area (TPSA) is 26.3 Å². The minimum atomic E-state index is 0.00528. The number of ether oxygens (including phenoxy) is 1. The molecule has 0 saturated carbocycles. The smallest absolute Gasteiger partial charge is 0.193 e. The summed E-state index contributed by atoms with van der Waals surface area (Å²) < 4.78 is 5.14. The highest BCUT2D eigenvalue weighted by Gasteiger charge is 2.16. The van der Waals surface area contributed by atoms with Gasteiger partial charge in [-0.15, -0.1) is 0 Å². The lowest BCUT2D eigenvalue weighted by Crippen LogP contribution is -2.06. The average Bonchev–Trinajstić information content (AvgIpc) is 2.62. The van der Waals surface area contributed by atoms with Gasteiger partial charge >= 0.3 is 0 Å². The molecule has 0 spiro atoms. The highest BCUT2D eigenvalue weighted by molar-refractivity contribution is 7.80. The predicted octanol–water partition coefficient (Wildman–Crippen LogP) is 4.64. The fourth-order valence-corrected chi connectivity index (χ4v) is 2.71. The maximum Gasteiger partial charge on any atom is 0.193 e. The van der Waals surface area contributed by atoms with Gasteiger partial charge in [0, 0.05) is 22.4 Å². The van der Waals surface area contributed by atoms with E-state index in [9.17, 15) is 4.79 Å². The van der Waals surface area contributed by atoms with E-state index in [1.54, 1.807) is 31.4 Å². The first kappa shape index (κ1) is 15.4. The Morgan fingerprint density at radius 2 is 1.78 bits per heavy atom. The largest absolute Gasteiger partial charge is 0.497 e. The predicted molar refractivity (Wildman–Crippen MR) is 97.2 cm³/mol. The third kappa shape index (κ3) is 3.30. The monoisotopic (exact) mass is 320 g/mol. The fraction of sp³-hybridized carbons (Fsp3) is 0.100. The Kier molecular flexibility index (Phi) is 4.49. The zero-order chi connectivity index (χ0) is 16.2. The van der Waals surface area contributed by atoms with Gasteiger partial charge in [0.1, 0.15) is 5.75 Å². The van der Waals surface area contributed by atoms with E-state index in [-0.39, 0.29) is 5.78 Å². The molecule has 0 bridgehead atoms. The van der Waals surface area contributed by atoms with Crippen LogP contribution in [0.25, 0.3) is 5.57 Å². The van der Waals surface area contributed by atoms with E-state index in [4.69, 9.17) is 17.0 Å². The third-order valence-electron chi connectivity index (χ3n) is 3.81. The quantitative estimate of drug-likeness (QED) is 0.606. The van der Waals surface area contributed by atoms with Crippen molar-refractivity contribution in [1.29, 1.82) is 0 Å². The summed E-state index contributed by atoms with van der Waals surface area (Å²) in [5.74, 6) is 0.743. The molecule has 0 amide bonds. The Labute approximate surface area is 141 Å². The zero-order valence-electron chi connectivity index (χ0n) is 12.8. The van der Waals surface area contributed by atoms with Crippen molar-refractivity contribution in [3.8, 4) is 5.75 Å². The lowest BCUT2D eigenvalue weighted by atomic mass is 9.91. The van der Waals surface area contributed by atoms with Crippen LogP contribution in [0.4, 0.5) is 0 Å². The van der Waals surface area contributed by atoms with Gasteiger partial charge in [-0.3, -0.25) is 4.79 Å². The summed E-state index contributed by atoms with van der Waals surface area (Å²) in [5.41, 5.74) is 3.32. The summed E-state index contributed by atoms with van der Waals surface area (Å²) >= 11 is 5.18. The molecule has 2 aromatic carbocycles. The van der Waals surface area contributed by atoms with Gasteiger partial charge in [-0.1, -0.05) is 48.6 Å². The van der Waals surface area contributed by atoms with Gasteiger partial charge in [-0.2, -0.15) is 0 Å². The minimum Gasteiger partial charge on any atom is -0.497 e. The molecule has 2 nitrogen and oxygen atoms in total. The molecular weight excluding hydrogens is 304 g/mol. The molecule has 3 rings (SSSR count). The van der Waals surface area contributed by atoms with Crippen LogP contribution in [0, 0.1) is 0 Å². The van der Waals surface area contributed by atoms with Gasteiger partial charge < -0.3 is 4.74 Å². The molecule has 0 heterocycles. The van der Waals surface area contributed by atoms with Crippen LogP contribution < -0.4 is 4.74 Å². The molecule has 0 fully saturated rings. The first-order valence-electron chi connectivity index (χ1n) is 7.38. The molecule has 114 valence electrons. The number of benzene rings is 2. The van der Waals surface area contributed by atoms with Crippen LogP contribution in [-0.2, 0) is 0 Å². The molecule has 0 saturated heterocycles. The van der Waals surface area contributed by atoms with Crippen LogP contribution in [-0.4, -0.2) is 17.8 Å². The lowest BCUT2D eigenvalue weighted by Gasteiger charge is -2.12. The second-order valence-corrected chi connectivity index (χ2v) is 5.79. The molecular formula is C20H16O2S. The Morgan fingerprint density at radius 3 is 2.43 bits per heavy atom. The van der Waals surface area contributed by atoms with Crippen molar-refractivity contribution in [3.63, 3.8) is 0 Å². The number of allylic oxidation sites excluding steroid dienone is 4. The Bertz CT molecular complexity index is 814. The summed E-state index contributed by atoms with van der Waals surface area (Å²) in [4.78, 5) is 13.8. The maximum atomic E-state index is 12.9. The molecule has 0 radical (unpaired) electrons. The molecule has 1 aliphatic carbocycles. The molecule has 23 heavy (non-hydrogen) atoms. The SMILES string of the molecule is COc1ccc(C(=O)c2ccccc2C2=CCC(=S)C=C2)cc1. The lowest BCUT2D eigenvalue weighted by molar-refractivity contribution is 0.103. The van der Waals surface area contributed by atoms with Gasteiger partial charge in [0.15, 0.2) is 5.78 Å². The molecule has 1 aliphatic rings. The number of thiocarbonyl (C=S) groups is 1. The summed E-state index contributed by atoms with van der Waals surface area (Å²) in [7, 11) is 1.61. The van der Waals surface area contributed by atoms with Gasteiger partial charge in [0.25, 0.3) is 0 Å². The van der Waals surface area contributed by atoms with Crippen LogP contribution in [0.5, 0.6) is 5.75 Å². The Hall–Kier alpha value is -2.52. The van der Waals surface area contributed by atoms with E-state index < -0.39 is 0 Å². The minimum absolute atomic E-state index is 0.00528. The number of rotatable bonds is 4. The van der Waals surface area contributed by atoms with Crippen molar-refractivity contribution in [2.24, 2.45) is 0 Å². The first-order chi connectivity index (χ1) is 11.2. The third-order valence-corrected chi connectivity index (χ3v) is 4.11. The highest BCUT2D eigenvalue weighted by atomic mass is 32.1. The average molecular weight is 320 g/mol. The standard InChI is InChI=1S/C20H16O2S/c1-22-16-10-6-15(7-11-16)20(21)19-5-3-2-4-18(19)14-8-12-17(23)13-9-14/h2-12H,13H2,1H3. The van der Waals surface area contributed by atoms with Crippen molar-refractivity contribution in [3.05, 3.63) is 83.4 Å². The Morgan fingerprint density at radius 1 is 1.04 bits per heavy atom. The molecule has 0 atom stereocenters. The van der Waals surface area contributed by atoms with Gasteiger partial charge in [0.2, 0.25) is 0 Å². The van der Waals surface area contributed by atoms with E-state index in [1.807, 2.05) is 36.4 Å². The van der Waals surface area contributed by atoms with E-state index in [1.165, 1.54) is 0 Å². The molecule has 0 unspecified atom stereocenters. The van der Waals surface area contributed by atoms with Crippen LogP contribution in [0.1, 0.15) is 27.9 Å². The van der Waals surface area contributed by atoms with Crippen molar-refractivity contribution in [2.75, 3.05) is 7.11 Å². The van der Waals surface area contributed by atoms with Crippen molar-refractivity contribution >= 4 is 28.4 Å². The van der Waals surface area contributed by atoms with E-state index in [2.05, 4.69) is 6.08 Å². The van der Waals surface area contributed by atoms with Crippen molar-refractivity contribution in [1.82, 2.24) is 0 Å². The second-order valence-electron chi connectivity index (χ2n) is 5.27. The number of carbonyl (C=O) groups excluding carboxylic acids is 1. The second kappa shape index (κ2) is 6.71. The number of methoxy groups -OCH3 is 1. The molecule has 0 aliphatic heterocycles. The zero-order valence-corrected chi connectivity index (χ0v) is 13.6. The van der Waals surface area contributed by atoms with E-state index in [0.717, 1.165) is 28.2 Å². The number of hydrogen-bond donors (Lipinski definition) is 0. The number of hydrogen-bond acceptors (Lipinski definition) is 3. The highest BCUT2D eigenvalue weighted by Crippen LogP contribution is 2.26. The number of ketones is 1. The summed E-state index contributed by atoms with van der Waals surface area (Å²) in [6.07, 6.45) is 6.72. The molecule has 0 aromatic heterocycles. The molecule has 3 heteroatoms. The fourth-order valence-electron chi connectivity index (χ4n) is 2.56. The maximum absolute atomic E-state index is 12.9. The van der Waals surface area contributed by atoms with Crippen LogP contribution >= 0.6 is 12.2 Å². The van der Waals surface area contributed by atoms with Crippen LogP contribution in [0.2, 0.25) is 0 Å². The van der Waals surface area contributed by atoms with Gasteiger partial charge in [-0.05, 0) is 41.5 Å². The van der Waals surface area contributed by atoms with Gasteiger partial charge in [0.05, 0.1) is 7.11 Å². The normalized spacial score (nSPS) is 13.6. The molecule has 0 N–H and O–H groups in total. The number of carbonyl (C=O) groups is 1. The van der Waals surface area contributed by atoms with Crippen molar-refractivity contribution < 1.29 is 9.53 Å². The van der Waals surface area contributed by atoms with Crippen LogP contribution in [0.15, 0.2) is 66.8 Å². The molecule has 2 aromatic rings. The first-order valence-corrected chi connectivity index (χ1v) is 7.79. The van der Waals surface area contributed by atoms with E-state index >= 15 is 0 Å². The summed E-state index contributed by atoms with van der Waals surface area (Å²) in [6, 6.07) is 14.9. The summed E-state index contributed by atoms with van der Waals surface area (Å²) in [5, 5.41) is 0. The van der Waals surface area contributed by atoms with Crippen molar-refractivity contribution in [2.45, 2.75) is 6.42 Å². The summed E-state index contributed by atoms with van der Waals surface area (Å²) in [6.45, 7) is 0. The van der Waals surface area contributed by atoms with Gasteiger partial charge in [-0.25, -0.2) is 0 Å². The van der Waals surface area contributed by atoms with E-state index in [0.29, 0.717) is 11.1 Å².